The molecule has 0 radical (unpaired) electrons. The van der Waals surface area contributed by atoms with Crippen LogP contribution in [0.2, 0.25) is 0 Å². The van der Waals surface area contributed by atoms with Crippen LogP contribution in [0.4, 0.5) is 10.2 Å². The minimum absolute atomic E-state index is 0.0158. The molecular formula is C13H11FN2O4S. The van der Waals surface area contributed by atoms with Crippen LogP contribution in [-0.2, 0) is 15.8 Å². The first-order chi connectivity index (χ1) is 9.85. The van der Waals surface area contributed by atoms with Gasteiger partial charge < -0.3 is 5.11 Å². The van der Waals surface area contributed by atoms with E-state index in [4.69, 9.17) is 5.11 Å². The van der Waals surface area contributed by atoms with Crippen LogP contribution in [0.15, 0.2) is 42.6 Å². The van der Waals surface area contributed by atoms with Crippen LogP contribution in [-0.4, -0.2) is 24.5 Å². The molecule has 2 aromatic rings. The predicted molar refractivity (Wildman–Crippen MR) is 73.8 cm³/mol. The Balaban J connectivity index is 2.10. The van der Waals surface area contributed by atoms with E-state index >= 15 is 0 Å². The Hall–Kier alpha value is -2.48. The average Bonchev–Trinajstić information content (AvgIpc) is 2.41. The van der Waals surface area contributed by atoms with Gasteiger partial charge in [-0.2, -0.15) is 0 Å². The Bertz CT molecular complexity index is 743. The summed E-state index contributed by atoms with van der Waals surface area (Å²) in [6, 6.07) is 7.58. The second kappa shape index (κ2) is 5.88. The highest BCUT2D eigenvalue weighted by Gasteiger charge is 2.13. The summed E-state index contributed by atoms with van der Waals surface area (Å²) in [5.74, 6) is -1.92. The number of pyridine rings is 1. The molecular weight excluding hydrogens is 299 g/mol. The zero-order chi connectivity index (χ0) is 15.5. The summed E-state index contributed by atoms with van der Waals surface area (Å²) in [5.41, 5.74) is 0.377. The minimum Gasteiger partial charge on any atom is -0.478 e. The first kappa shape index (κ1) is 14.9. The molecule has 1 heterocycles. The van der Waals surface area contributed by atoms with Gasteiger partial charge in [-0.15, -0.1) is 0 Å². The van der Waals surface area contributed by atoms with Crippen molar-refractivity contribution in [3.05, 3.63) is 59.5 Å². The smallest absolute Gasteiger partial charge is 0.337 e. The van der Waals surface area contributed by atoms with Crippen molar-refractivity contribution in [3.8, 4) is 0 Å². The van der Waals surface area contributed by atoms with Gasteiger partial charge in [0.15, 0.2) is 0 Å². The number of halogens is 1. The highest BCUT2D eigenvalue weighted by Crippen LogP contribution is 2.12. The van der Waals surface area contributed by atoms with Crippen LogP contribution < -0.4 is 4.72 Å². The maximum Gasteiger partial charge on any atom is 0.337 e. The highest BCUT2D eigenvalue weighted by molar-refractivity contribution is 7.91. The summed E-state index contributed by atoms with van der Waals surface area (Å²) >= 11 is 0. The van der Waals surface area contributed by atoms with E-state index in [9.17, 15) is 17.6 Å². The SMILES string of the molecule is O=C(O)c1ccc(NS(=O)(=O)Cc2ccc(F)cc2)nc1. The Morgan fingerprint density at radius 3 is 2.38 bits per heavy atom. The first-order valence-electron chi connectivity index (χ1n) is 5.80. The van der Waals surface area contributed by atoms with Crippen molar-refractivity contribution in [3.63, 3.8) is 0 Å². The van der Waals surface area contributed by atoms with E-state index in [1.54, 1.807) is 0 Å². The van der Waals surface area contributed by atoms with Crippen LogP contribution >= 0.6 is 0 Å². The number of rotatable bonds is 5. The third-order valence-electron chi connectivity index (χ3n) is 2.54. The Labute approximate surface area is 120 Å². The molecule has 1 aromatic heterocycles. The number of benzene rings is 1. The van der Waals surface area contributed by atoms with Gasteiger partial charge in [0.25, 0.3) is 0 Å². The number of hydrogen-bond donors (Lipinski definition) is 2. The highest BCUT2D eigenvalue weighted by atomic mass is 32.2. The fraction of sp³-hybridized carbons (Fsp3) is 0.0769. The average molecular weight is 310 g/mol. The number of hydrogen-bond acceptors (Lipinski definition) is 4. The van der Waals surface area contributed by atoms with Crippen LogP contribution in [0.25, 0.3) is 0 Å². The number of nitrogens with one attached hydrogen (secondary N) is 1. The number of aromatic carboxylic acids is 1. The molecule has 0 aliphatic rings. The second-order valence-electron chi connectivity index (χ2n) is 4.22. The van der Waals surface area contributed by atoms with Crippen molar-refractivity contribution in [2.45, 2.75) is 5.75 Å². The molecule has 21 heavy (non-hydrogen) atoms. The van der Waals surface area contributed by atoms with E-state index in [1.165, 1.54) is 36.4 Å². The third-order valence-corrected chi connectivity index (χ3v) is 3.77. The van der Waals surface area contributed by atoms with E-state index in [0.29, 0.717) is 5.56 Å². The van der Waals surface area contributed by atoms with Gasteiger partial charge in [-0.3, -0.25) is 4.72 Å². The number of carbonyl (C=O) groups is 1. The summed E-state index contributed by atoms with van der Waals surface area (Å²) in [7, 11) is -3.72. The Morgan fingerprint density at radius 1 is 1.19 bits per heavy atom. The summed E-state index contributed by atoms with van der Waals surface area (Å²) in [6.07, 6.45) is 1.05. The molecule has 2 N–H and O–H groups in total. The maximum atomic E-state index is 12.7. The summed E-state index contributed by atoms with van der Waals surface area (Å²) in [4.78, 5) is 14.4. The summed E-state index contributed by atoms with van der Waals surface area (Å²) < 4.78 is 38.8. The van der Waals surface area contributed by atoms with E-state index < -0.39 is 21.8 Å². The molecule has 0 saturated heterocycles. The van der Waals surface area contributed by atoms with Crippen molar-refractivity contribution in [1.29, 1.82) is 0 Å². The zero-order valence-electron chi connectivity index (χ0n) is 10.7. The van der Waals surface area contributed by atoms with Gasteiger partial charge in [-0.1, -0.05) is 12.1 Å². The molecule has 0 amide bonds. The molecule has 0 saturated carbocycles. The molecule has 8 heteroatoms. The van der Waals surface area contributed by atoms with E-state index in [2.05, 4.69) is 9.71 Å². The van der Waals surface area contributed by atoms with Crippen molar-refractivity contribution in [2.24, 2.45) is 0 Å². The molecule has 0 bridgehead atoms. The van der Waals surface area contributed by atoms with Crippen LogP contribution in [0.3, 0.4) is 0 Å². The first-order valence-corrected chi connectivity index (χ1v) is 7.45. The molecule has 0 unspecified atom stereocenters. The molecule has 110 valence electrons. The third kappa shape index (κ3) is 4.25. The van der Waals surface area contributed by atoms with Gasteiger partial charge in [0.1, 0.15) is 11.6 Å². The molecule has 0 aliphatic carbocycles. The zero-order valence-corrected chi connectivity index (χ0v) is 11.5. The number of aromatic nitrogens is 1. The molecule has 1 aromatic carbocycles. The fourth-order valence-corrected chi connectivity index (χ4v) is 2.72. The monoisotopic (exact) mass is 310 g/mol. The second-order valence-corrected chi connectivity index (χ2v) is 5.95. The van der Waals surface area contributed by atoms with Gasteiger partial charge in [0.2, 0.25) is 10.0 Å². The topological polar surface area (TPSA) is 96.4 Å². The lowest BCUT2D eigenvalue weighted by Crippen LogP contribution is -2.16. The van der Waals surface area contributed by atoms with Gasteiger partial charge in [-0.05, 0) is 29.8 Å². The number of carboxylic acid groups (broad SMARTS) is 1. The molecule has 6 nitrogen and oxygen atoms in total. The van der Waals surface area contributed by atoms with Crippen molar-refractivity contribution in [2.75, 3.05) is 4.72 Å². The standard InChI is InChI=1S/C13H11FN2O4S/c14-11-4-1-9(2-5-11)8-21(19,20)16-12-6-3-10(7-15-12)13(17)18/h1-7H,8H2,(H,15,16)(H,17,18). The van der Waals surface area contributed by atoms with Crippen LogP contribution in [0.5, 0.6) is 0 Å². The maximum absolute atomic E-state index is 12.7. The number of carboxylic acids is 1. The molecule has 0 aliphatic heterocycles. The normalized spacial score (nSPS) is 11.1. The van der Waals surface area contributed by atoms with Crippen molar-refractivity contribution in [1.82, 2.24) is 4.98 Å². The molecule has 2 rings (SSSR count). The van der Waals surface area contributed by atoms with Crippen LogP contribution in [0.1, 0.15) is 15.9 Å². The van der Waals surface area contributed by atoms with Crippen LogP contribution in [0, 0.1) is 5.82 Å². The Kier molecular flexibility index (Phi) is 4.18. The van der Waals surface area contributed by atoms with Crippen molar-refractivity contribution >= 4 is 21.8 Å². The fourth-order valence-electron chi connectivity index (χ4n) is 1.58. The van der Waals surface area contributed by atoms with E-state index in [0.717, 1.165) is 6.20 Å². The summed E-state index contributed by atoms with van der Waals surface area (Å²) in [5, 5.41) is 8.72. The van der Waals surface area contributed by atoms with Gasteiger partial charge in [0, 0.05) is 6.20 Å². The lowest BCUT2D eigenvalue weighted by molar-refractivity contribution is 0.0696. The van der Waals surface area contributed by atoms with Crippen molar-refractivity contribution < 1.29 is 22.7 Å². The van der Waals surface area contributed by atoms with Gasteiger partial charge in [-0.25, -0.2) is 22.6 Å². The largest absolute Gasteiger partial charge is 0.478 e. The molecule has 0 atom stereocenters. The number of nitrogens with zero attached hydrogens (tertiary/aromatic N) is 1. The minimum atomic E-state index is -3.72. The lowest BCUT2D eigenvalue weighted by Gasteiger charge is -2.07. The van der Waals surface area contributed by atoms with E-state index in [1.807, 2.05) is 0 Å². The van der Waals surface area contributed by atoms with Gasteiger partial charge in [0.05, 0.1) is 11.3 Å². The number of anilines is 1. The molecule has 0 spiro atoms. The predicted octanol–water partition coefficient (Wildman–Crippen LogP) is 1.86. The lowest BCUT2D eigenvalue weighted by atomic mass is 10.2. The van der Waals surface area contributed by atoms with Gasteiger partial charge >= 0.3 is 5.97 Å². The number of sulfonamides is 1. The molecule has 0 fully saturated rings. The summed E-state index contributed by atoms with van der Waals surface area (Å²) in [6.45, 7) is 0. The quantitative estimate of drug-likeness (QED) is 0.878. The Morgan fingerprint density at radius 2 is 1.86 bits per heavy atom. The van der Waals surface area contributed by atoms with E-state index in [-0.39, 0.29) is 17.1 Å².